The van der Waals surface area contributed by atoms with Crippen molar-refractivity contribution in [3.8, 4) is 0 Å². The molecule has 5 heteroatoms. The molecule has 1 aromatic rings. The van der Waals surface area contributed by atoms with Crippen molar-refractivity contribution in [3.63, 3.8) is 0 Å². The molecule has 146 valence electrons. The molecule has 0 aromatic heterocycles. The summed E-state index contributed by atoms with van der Waals surface area (Å²) in [7, 11) is 0. The van der Waals surface area contributed by atoms with Gasteiger partial charge in [-0.15, -0.1) is 0 Å². The van der Waals surface area contributed by atoms with Gasteiger partial charge in [-0.25, -0.2) is 10.4 Å². The van der Waals surface area contributed by atoms with Crippen LogP contribution in [-0.2, 0) is 4.79 Å². The first-order valence-corrected chi connectivity index (χ1v) is 10.0. The molecule has 26 heavy (non-hydrogen) atoms. The van der Waals surface area contributed by atoms with Crippen molar-refractivity contribution in [1.29, 1.82) is 0 Å². The number of carbonyl (C=O) groups excluding carboxylic acids is 1. The largest absolute Gasteiger partial charge is 0.382 e. The van der Waals surface area contributed by atoms with Crippen LogP contribution >= 0.6 is 0 Å². The Morgan fingerprint density at radius 3 is 2.50 bits per heavy atom. The van der Waals surface area contributed by atoms with Crippen LogP contribution in [0.2, 0.25) is 0 Å². The molecule has 1 unspecified atom stereocenters. The fourth-order valence-electron chi connectivity index (χ4n) is 3.59. The Bertz CT molecular complexity index is 529. The van der Waals surface area contributed by atoms with Crippen LogP contribution in [0.5, 0.6) is 0 Å². The Morgan fingerprint density at radius 2 is 1.88 bits per heavy atom. The Labute approximate surface area is 157 Å². The molecule has 0 radical (unpaired) electrons. The van der Waals surface area contributed by atoms with E-state index in [2.05, 4.69) is 19.3 Å². The number of hydrogen-bond donors (Lipinski definition) is 3. The van der Waals surface area contributed by atoms with Gasteiger partial charge < -0.3 is 10.8 Å². The number of nitrogens with two attached hydrogens (primary N) is 1. The first-order valence-electron chi connectivity index (χ1n) is 10.0. The summed E-state index contributed by atoms with van der Waals surface area (Å²) in [5, 5.41) is 12.1. The summed E-state index contributed by atoms with van der Waals surface area (Å²) in [5.74, 6) is 0.692. The minimum atomic E-state index is -1.19. The zero-order chi connectivity index (χ0) is 18.9. The molecule has 0 spiro atoms. The first-order chi connectivity index (χ1) is 12.5. The summed E-state index contributed by atoms with van der Waals surface area (Å²) < 4.78 is 0. The molecule has 2 atom stereocenters. The molecule has 0 aliphatic heterocycles. The Hall–Kier alpha value is -1.43. The van der Waals surface area contributed by atoms with Crippen molar-refractivity contribution >= 4 is 11.6 Å². The van der Waals surface area contributed by atoms with Crippen LogP contribution in [0.25, 0.3) is 0 Å². The van der Waals surface area contributed by atoms with Crippen LogP contribution in [0.1, 0.15) is 58.8 Å². The number of rotatable bonds is 9. The third-order valence-corrected chi connectivity index (χ3v) is 5.22. The highest BCUT2D eigenvalue weighted by atomic mass is 16.3. The second-order valence-electron chi connectivity index (χ2n) is 7.95. The fourth-order valence-corrected chi connectivity index (χ4v) is 3.59. The second-order valence-corrected chi connectivity index (χ2v) is 7.95. The molecular formula is C21H35N3O2. The van der Waals surface area contributed by atoms with Crippen molar-refractivity contribution in [2.24, 2.45) is 17.6 Å². The maximum absolute atomic E-state index is 12.9. The van der Waals surface area contributed by atoms with Gasteiger partial charge in [-0.05, 0) is 36.8 Å². The van der Waals surface area contributed by atoms with E-state index < -0.39 is 12.1 Å². The molecule has 1 amide bonds. The number of anilines is 1. The van der Waals surface area contributed by atoms with Crippen LogP contribution in [0.3, 0.4) is 0 Å². The summed E-state index contributed by atoms with van der Waals surface area (Å²) in [5.41, 5.74) is 10.1. The summed E-state index contributed by atoms with van der Waals surface area (Å²) in [6, 6.07) is 8.87. The number of nitrogens with zero attached hydrogens (tertiary/aromatic N) is 1. The molecule has 4 N–H and O–H groups in total. The first kappa shape index (κ1) is 20.9. The van der Waals surface area contributed by atoms with E-state index >= 15 is 0 Å². The molecule has 5 nitrogen and oxygen atoms in total. The number of carbonyl (C=O) groups is 1. The van der Waals surface area contributed by atoms with Gasteiger partial charge in [0.15, 0.2) is 0 Å². The van der Waals surface area contributed by atoms with Gasteiger partial charge in [-0.2, -0.15) is 0 Å². The quantitative estimate of drug-likeness (QED) is 0.590. The third-order valence-electron chi connectivity index (χ3n) is 5.22. The Kier molecular flexibility index (Phi) is 8.55. The number of amides is 1. The predicted octanol–water partition coefficient (Wildman–Crippen LogP) is 3.23. The van der Waals surface area contributed by atoms with Gasteiger partial charge in [-0.1, -0.05) is 64.2 Å². The van der Waals surface area contributed by atoms with E-state index in [1.807, 2.05) is 30.3 Å². The standard InChI is InChI=1S/C21H35N3O2/c1-16(2)13-14-23-24(18-11-7-4-8-12-18)21(26)20(25)19(22)15-17-9-5-3-6-10-17/h4,7-8,11-12,16-17,19-20,23,25H,3,5-6,9-10,13-15,22H2,1-2H3/t19-,20?/m1/s1. The lowest BCUT2D eigenvalue weighted by Gasteiger charge is -2.30. The average molecular weight is 362 g/mol. The van der Waals surface area contributed by atoms with Gasteiger partial charge in [0.25, 0.3) is 5.91 Å². The van der Waals surface area contributed by atoms with Crippen LogP contribution in [0.4, 0.5) is 5.69 Å². The van der Waals surface area contributed by atoms with E-state index in [1.54, 1.807) is 0 Å². The van der Waals surface area contributed by atoms with Crippen molar-refractivity contribution < 1.29 is 9.90 Å². The molecule has 1 saturated carbocycles. The minimum Gasteiger partial charge on any atom is -0.382 e. The van der Waals surface area contributed by atoms with Gasteiger partial charge in [0.2, 0.25) is 0 Å². The van der Waals surface area contributed by atoms with Gasteiger partial charge >= 0.3 is 0 Å². The van der Waals surface area contributed by atoms with Crippen molar-refractivity contribution in [2.75, 3.05) is 11.6 Å². The predicted molar refractivity (Wildman–Crippen MR) is 107 cm³/mol. The number of hydrogen-bond acceptors (Lipinski definition) is 4. The van der Waals surface area contributed by atoms with E-state index in [0.717, 1.165) is 24.9 Å². The molecule has 1 aliphatic rings. The molecule has 0 saturated heterocycles. The van der Waals surface area contributed by atoms with E-state index in [4.69, 9.17) is 5.73 Å². The number of hydrazine groups is 1. The van der Waals surface area contributed by atoms with Crippen LogP contribution < -0.4 is 16.2 Å². The van der Waals surface area contributed by atoms with E-state index in [1.165, 1.54) is 24.3 Å². The number of nitrogens with one attached hydrogen (secondary N) is 1. The third kappa shape index (κ3) is 6.38. The molecule has 0 bridgehead atoms. The van der Waals surface area contributed by atoms with Crippen molar-refractivity contribution in [2.45, 2.75) is 70.9 Å². The number of aliphatic hydroxyl groups is 1. The number of aliphatic hydroxyl groups excluding tert-OH is 1. The lowest BCUT2D eigenvalue weighted by molar-refractivity contribution is -0.128. The SMILES string of the molecule is CC(C)CCNN(C(=O)C(O)[C@H](N)CC1CCCCC1)c1ccccc1. The Balaban J connectivity index is 2.00. The smallest absolute Gasteiger partial charge is 0.271 e. The van der Waals surface area contributed by atoms with Crippen LogP contribution in [0.15, 0.2) is 30.3 Å². The number of benzene rings is 1. The fraction of sp³-hybridized carbons (Fsp3) is 0.667. The summed E-state index contributed by atoms with van der Waals surface area (Å²) in [6.07, 6.45) is 6.52. The maximum atomic E-state index is 12.9. The van der Waals surface area contributed by atoms with Crippen LogP contribution in [-0.4, -0.2) is 29.7 Å². The highest BCUT2D eigenvalue weighted by molar-refractivity contribution is 5.96. The molecule has 0 heterocycles. The average Bonchev–Trinajstić information content (AvgIpc) is 2.65. The highest BCUT2D eigenvalue weighted by Crippen LogP contribution is 2.27. The van der Waals surface area contributed by atoms with Gasteiger partial charge in [0, 0.05) is 12.6 Å². The molecule has 2 rings (SSSR count). The number of para-hydroxylation sites is 1. The van der Waals surface area contributed by atoms with E-state index in [-0.39, 0.29) is 5.91 Å². The monoisotopic (exact) mass is 361 g/mol. The van der Waals surface area contributed by atoms with Gasteiger partial charge in [-0.3, -0.25) is 4.79 Å². The van der Waals surface area contributed by atoms with Gasteiger partial charge in [0.05, 0.1) is 5.69 Å². The summed E-state index contributed by atoms with van der Waals surface area (Å²) in [6.45, 7) is 4.96. The van der Waals surface area contributed by atoms with Crippen molar-refractivity contribution in [3.05, 3.63) is 30.3 Å². The lowest BCUT2D eigenvalue weighted by atomic mass is 9.84. The molecular weight excluding hydrogens is 326 g/mol. The second kappa shape index (κ2) is 10.7. The molecule has 1 aromatic carbocycles. The Morgan fingerprint density at radius 1 is 1.23 bits per heavy atom. The topological polar surface area (TPSA) is 78.6 Å². The molecule has 1 aliphatic carbocycles. The van der Waals surface area contributed by atoms with E-state index in [0.29, 0.717) is 24.8 Å². The van der Waals surface area contributed by atoms with Crippen LogP contribution in [0, 0.1) is 11.8 Å². The zero-order valence-corrected chi connectivity index (χ0v) is 16.2. The zero-order valence-electron chi connectivity index (χ0n) is 16.2. The van der Waals surface area contributed by atoms with Crippen molar-refractivity contribution in [1.82, 2.24) is 5.43 Å². The normalized spacial score (nSPS) is 17.9. The van der Waals surface area contributed by atoms with E-state index in [9.17, 15) is 9.90 Å². The van der Waals surface area contributed by atoms with Gasteiger partial charge in [0.1, 0.15) is 6.10 Å². The molecule has 1 fully saturated rings. The maximum Gasteiger partial charge on any atom is 0.271 e. The highest BCUT2D eigenvalue weighted by Gasteiger charge is 2.30. The summed E-state index contributed by atoms with van der Waals surface area (Å²) >= 11 is 0. The minimum absolute atomic E-state index is 0.372. The summed E-state index contributed by atoms with van der Waals surface area (Å²) in [4.78, 5) is 12.9. The lowest BCUT2D eigenvalue weighted by Crippen LogP contribution is -2.54.